The van der Waals surface area contributed by atoms with E-state index in [4.69, 9.17) is 9.72 Å². The van der Waals surface area contributed by atoms with Crippen LogP contribution in [0.25, 0.3) is 21.5 Å². The van der Waals surface area contributed by atoms with Crippen LogP contribution < -0.4 is 10.1 Å². The van der Waals surface area contributed by atoms with Gasteiger partial charge in [0.2, 0.25) is 0 Å². The standard InChI is InChI=1S/C25H27F2N5OS/c1-16(17-5-3-2-4-6-17)30-25-31-21-8-7-19(12-23(21)34-25)33-20-9-10-28-22(11-20)18-13-29-32(14-18)15-24(26)27/h7-14,16-17,24H,2-6,15H2,1H3,(H,30,31). The van der Waals surface area contributed by atoms with Crippen molar-refractivity contribution >= 4 is 26.7 Å². The van der Waals surface area contributed by atoms with Gasteiger partial charge in [0.05, 0.1) is 22.1 Å². The summed E-state index contributed by atoms with van der Waals surface area (Å²) in [6.45, 7) is 1.82. The molecular weight excluding hydrogens is 456 g/mol. The number of ether oxygens (including phenoxy) is 1. The number of fused-ring (bicyclic) bond motifs is 1. The van der Waals surface area contributed by atoms with Crippen LogP contribution in [0, 0.1) is 5.92 Å². The van der Waals surface area contributed by atoms with Crippen LogP contribution in [0.5, 0.6) is 11.5 Å². The molecule has 34 heavy (non-hydrogen) atoms. The van der Waals surface area contributed by atoms with Crippen molar-refractivity contribution in [1.29, 1.82) is 0 Å². The maximum Gasteiger partial charge on any atom is 0.257 e. The van der Waals surface area contributed by atoms with Gasteiger partial charge in [-0.15, -0.1) is 0 Å². The molecule has 6 nitrogen and oxygen atoms in total. The van der Waals surface area contributed by atoms with Gasteiger partial charge in [-0.25, -0.2) is 13.8 Å². The van der Waals surface area contributed by atoms with Crippen molar-refractivity contribution < 1.29 is 13.5 Å². The van der Waals surface area contributed by atoms with E-state index in [9.17, 15) is 8.78 Å². The maximum absolute atomic E-state index is 12.6. The molecule has 0 spiro atoms. The number of nitrogens with one attached hydrogen (secondary N) is 1. The number of anilines is 1. The SMILES string of the molecule is CC(Nc1nc2ccc(Oc3ccnc(-c4cnn(CC(F)F)c4)c3)cc2s1)C1CCCCC1. The van der Waals surface area contributed by atoms with Gasteiger partial charge in [-0.3, -0.25) is 9.67 Å². The number of hydrogen-bond donors (Lipinski definition) is 1. The van der Waals surface area contributed by atoms with Gasteiger partial charge in [-0.1, -0.05) is 30.6 Å². The first-order valence-corrected chi connectivity index (χ1v) is 12.5. The van der Waals surface area contributed by atoms with Gasteiger partial charge in [0.15, 0.2) is 5.13 Å². The maximum atomic E-state index is 12.6. The molecule has 0 radical (unpaired) electrons. The summed E-state index contributed by atoms with van der Waals surface area (Å²) in [6, 6.07) is 9.81. The lowest BCUT2D eigenvalue weighted by Crippen LogP contribution is -2.27. The van der Waals surface area contributed by atoms with Gasteiger partial charge in [-0.05, 0) is 43.9 Å². The molecule has 0 bridgehead atoms. The van der Waals surface area contributed by atoms with E-state index in [2.05, 4.69) is 22.3 Å². The summed E-state index contributed by atoms with van der Waals surface area (Å²) >= 11 is 1.64. The summed E-state index contributed by atoms with van der Waals surface area (Å²) in [5, 5.41) is 8.53. The van der Waals surface area contributed by atoms with Crippen LogP contribution >= 0.6 is 11.3 Å². The third-order valence-electron chi connectivity index (χ3n) is 6.29. The zero-order chi connectivity index (χ0) is 23.5. The Labute approximate surface area is 201 Å². The minimum Gasteiger partial charge on any atom is -0.457 e. The van der Waals surface area contributed by atoms with E-state index in [1.165, 1.54) is 43.0 Å². The van der Waals surface area contributed by atoms with Gasteiger partial charge in [-0.2, -0.15) is 5.10 Å². The van der Waals surface area contributed by atoms with Crippen molar-refractivity contribution in [2.75, 3.05) is 5.32 Å². The summed E-state index contributed by atoms with van der Waals surface area (Å²) in [5.41, 5.74) is 2.21. The van der Waals surface area contributed by atoms with Crippen LogP contribution in [0.15, 0.2) is 48.9 Å². The van der Waals surface area contributed by atoms with Gasteiger partial charge >= 0.3 is 0 Å². The number of halogens is 2. The number of rotatable bonds is 8. The summed E-state index contributed by atoms with van der Waals surface area (Å²) in [6.07, 6.45) is 8.85. The molecule has 0 saturated heterocycles. The molecule has 1 aliphatic carbocycles. The summed E-state index contributed by atoms with van der Waals surface area (Å²) in [4.78, 5) is 9.08. The molecule has 0 amide bonds. The summed E-state index contributed by atoms with van der Waals surface area (Å²) in [5.74, 6) is 2.02. The van der Waals surface area contributed by atoms with Crippen LogP contribution in [0.1, 0.15) is 39.0 Å². The Kier molecular flexibility index (Phi) is 6.71. The van der Waals surface area contributed by atoms with Gasteiger partial charge < -0.3 is 10.1 Å². The van der Waals surface area contributed by atoms with E-state index in [-0.39, 0.29) is 0 Å². The first-order valence-electron chi connectivity index (χ1n) is 11.7. The monoisotopic (exact) mass is 483 g/mol. The first-order chi connectivity index (χ1) is 16.5. The Balaban J connectivity index is 1.28. The number of hydrogen-bond acceptors (Lipinski definition) is 6. The van der Waals surface area contributed by atoms with Crippen LogP contribution in [-0.2, 0) is 6.54 Å². The molecule has 1 saturated carbocycles. The Hall–Kier alpha value is -3.07. The predicted octanol–water partition coefficient (Wildman–Crippen LogP) is 6.99. The average Bonchev–Trinajstić information content (AvgIpc) is 3.45. The van der Waals surface area contributed by atoms with Crippen molar-refractivity contribution in [1.82, 2.24) is 19.7 Å². The van der Waals surface area contributed by atoms with Crippen molar-refractivity contribution in [3.63, 3.8) is 0 Å². The Morgan fingerprint density at radius 2 is 1.97 bits per heavy atom. The molecule has 0 aliphatic heterocycles. The van der Waals surface area contributed by atoms with Crippen molar-refractivity contribution in [2.45, 2.75) is 58.0 Å². The molecule has 1 atom stereocenters. The third kappa shape index (κ3) is 5.35. The van der Waals surface area contributed by atoms with E-state index in [1.54, 1.807) is 35.9 Å². The molecular formula is C25H27F2N5OS. The fourth-order valence-corrected chi connectivity index (χ4v) is 5.47. The molecule has 9 heteroatoms. The highest BCUT2D eigenvalue weighted by Crippen LogP contribution is 2.34. The highest BCUT2D eigenvalue weighted by molar-refractivity contribution is 7.22. The van der Waals surface area contributed by atoms with E-state index >= 15 is 0 Å². The molecule has 1 aliphatic rings. The summed E-state index contributed by atoms with van der Waals surface area (Å²) in [7, 11) is 0. The van der Waals surface area contributed by atoms with Gasteiger partial charge in [0, 0.05) is 36.1 Å². The molecule has 1 unspecified atom stereocenters. The largest absolute Gasteiger partial charge is 0.457 e. The number of alkyl halides is 2. The quantitative estimate of drug-likeness (QED) is 0.292. The van der Waals surface area contributed by atoms with Crippen LogP contribution in [0.3, 0.4) is 0 Å². The Morgan fingerprint density at radius 3 is 2.79 bits per heavy atom. The minimum atomic E-state index is -2.46. The lowest BCUT2D eigenvalue weighted by molar-refractivity contribution is 0.122. The number of pyridine rings is 1. The topological polar surface area (TPSA) is 64.9 Å². The summed E-state index contributed by atoms with van der Waals surface area (Å²) < 4.78 is 33.5. The average molecular weight is 484 g/mol. The fourth-order valence-electron chi connectivity index (χ4n) is 4.48. The second-order valence-electron chi connectivity index (χ2n) is 8.80. The zero-order valence-corrected chi connectivity index (χ0v) is 19.8. The van der Waals surface area contributed by atoms with Gasteiger partial charge in [0.1, 0.15) is 18.0 Å². The van der Waals surface area contributed by atoms with Crippen LogP contribution in [0.2, 0.25) is 0 Å². The van der Waals surface area contributed by atoms with E-state index in [0.29, 0.717) is 34.7 Å². The predicted molar refractivity (Wildman–Crippen MR) is 131 cm³/mol. The number of aromatic nitrogens is 4. The van der Waals surface area contributed by atoms with Crippen LogP contribution in [-0.4, -0.2) is 32.2 Å². The Morgan fingerprint density at radius 1 is 1.15 bits per heavy atom. The number of benzene rings is 1. The molecule has 1 fully saturated rings. The first kappa shape index (κ1) is 22.7. The second-order valence-corrected chi connectivity index (χ2v) is 9.83. The van der Waals surface area contributed by atoms with E-state index < -0.39 is 13.0 Å². The van der Waals surface area contributed by atoms with E-state index in [1.807, 2.05) is 18.2 Å². The molecule has 4 aromatic rings. The molecule has 1 aromatic carbocycles. The molecule has 3 aromatic heterocycles. The van der Waals surface area contributed by atoms with Crippen molar-refractivity contribution in [3.8, 4) is 22.8 Å². The van der Waals surface area contributed by atoms with Crippen LogP contribution in [0.4, 0.5) is 13.9 Å². The Bertz CT molecular complexity index is 1250. The van der Waals surface area contributed by atoms with E-state index in [0.717, 1.165) is 15.3 Å². The zero-order valence-electron chi connectivity index (χ0n) is 19.0. The highest BCUT2D eigenvalue weighted by Gasteiger charge is 2.21. The molecule has 3 heterocycles. The van der Waals surface area contributed by atoms with Crippen molar-refractivity contribution in [3.05, 3.63) is 48.9 Å². The molecule has 1 N–H and O–H groups in total. The normalized spacial score (nSPS) is 15.6. The number of nitrogens with zero attached hydrogens (tertiary/aromatic N) is 4. The lowest BCUT2D eigenvalue weighted by atomic mass is 9.85. The molecule has 5 rings (SSSR count). The van der Waals surface area contributed by atoms with Crippen molar-refractivity contribution in [2.24, 2.45) is 5.92 Å². The second kappa shape index (κ2) is 10.0. The molecule has 178 valence electrons. The smallest absolute Gasteiger partial charge is 0.257 e. The third-order valence-corrected chi connectivity index (χ3v) is 7.24. The fraction of sp³-hybridized carbons (Fsp3) is 0.400. The minimum absolute atomic E-state index is 0.414. The highest BCUT2D eigenvalue weighted by atomic mass is 32.1. The van der Waals surface area contributed by atoms with Gasteiger partial charge in [0.25, 0.3) is 6.43 Å². The number of thiazole rings is 1. The lowest BCUT2D eigenvalue weighted by Gasteiger charge is -2.28.